The van der Waals surface area contributed by atoms with Gasteiger partial charge < -0.3 is 29.0 Å². The van der Waals surface area contributed by atoms with Crippen LogP contribution < -0.4 is 5.73 Å². The summed E-state index contributed by atoms with van der Waals surface area (Å²) in [6.45, 7) is 6.71. The highest BCUT2D eigenvalue weighted by Crippen LogP contribution is 2.48. The monoisotopic (exact) mass is 431 g/mol. The van der Waals surface area contributed by atoms with E-state index < -0.39 is 20.5 Å². The quantitative estimate of drug-likeness (QED) is 0.317. The molecule has 162 valence electrons. The van der Waals surface area contributed by atoms with Crippen molar-refractivity contribution in [1.29, 1.82) is 0 Å². The highest BCUT2D eigenvalue weighted by molar-refractivity contribution is 7.53. The molecule has 0 aliphatic rings. The number of carbonyl (C=O) groups excluding carboxylic acids is 1. The Labute approximate surface area is 168 Å². The molecule has 0 radical (unpaired) electrons. The van der Waals surface area contributed by atoms with Crippen molar-refractivity contribution >= 4 is 30.7 Å². The van der Waals surface area contributed by atoms with Crippen molar-refractivity contribution in [2.45, 2.75) is 46.4 Å². The van der Waals surface area contributed by atoms with Crippen molar-refractivity contribution < 1.29 is 32.6 Å². The number of aromatic nitrogens is 4. The van der Waals surface area contributed by atoms with Crippen LogP contribution in [-0.4, -0.2) is 57.6 Å². The summed E-state index contributed by atoms with van der Waals surface area (Å²) in [5.74, 6) is 0.285. The highest BCUT2D eigenvalue weighted by atomic mass is 31.2. The van der Waals surface area contributed by atoms with Gasteiger partial charge in [0.05, 0.1) is 31.7 Å². The lowest BCUT2D eigenvalue weighted by Crippen LogP contribution is -2.19. The van der Waals surface area contributed by atoms with Crippen LogP contribution in [0.2, 0.25) is 0 Å². The third kappa shape index (κ3) is 6.93. The van der Waals surface area contributed by atoms with Gasteiger partial charge in [0.2, 0.25) is 6.79 Å². The Bertz CT molecular complexity index is 859. The maximum absolute atomic E-state index is 12.7. The van der Waals surface area contributed by atoms with Crippen LogP contribution in [0, 0.1) is 0 Å². The van der Waals surface area contributed by atoms with Gasteiger partial charge >= 0.3 is 13.8 Å². The minimum Gasteiger partial charge on any atom is -0.432 e. The molecule has 0 aliphatic heterocycles. The Kier molecular flexibility index (Phi) is 8.32. The van der Waals surface area contributed by atoms with Crippen LogP contribution in [0.1, 0.15) is 27.7 Å². The fraction of sp³-hybridized carbons (Fsp3) is 0.625. The smallest absolute Gasteiger partial charge is 0.432 e. The molecule has 0 spiro atoms. The normalized spacial score (nSPS) is 14.7. The maximum Gasteiger partial charge on any atom is 0.510 e. The Morgan fingerprint density at radius 2 is 2.00 bits per heavy atom. The predicted octanol–water partition coefficient (Wildman–Crippen LogP) is 2.54. The van der Waals surface area contributed by atoms with Crippen LogP contribution in [0.4, 0.5) is 10.6 Å². The molecule has 2 atom stereocenters. The van der Waals surface area contributed by atoms with E-state index in [1.54, 1.807) is 38.6 Å². The fourth-order valence-electron chi connectivity index (χ4n) is 2.27. The van der Waals surface area contributed by atoms with Crippen molar-refractivity contribution in [3.05, 3.63) is 12.7 Å². The van der Waals surface area contributed by atoms with E-state index in [0.29, 0.717) is 17.7 Å². The second-order valence-corrected chi connectivity index (χ2v) is 8.27. The van der Waals surface area contributed by atoms with Gasteiger partial charge in [-0.3, -0.25) is 9.09 Å². The zero-order valence-corrected chi connectivity index (χ0v) is 17.7. The van der Waals surface area contributed by atoms with Gasteiger partial charge in [-0.15, -0.1) is 0 Å². The van der Waals surface area contributed by atoms with Crippen molar-refractivity contribution in [2.24, 2.45) is 0 Å². The lowest BCUT2D eigenvalue weighted by Gasteiger charge is -2.20. The molecular weight excluding hydrogens is 405 g/mol. The van der Waals surface area contributed by atoms with E-state index in [2.05, 4.69) is 15.0 Å². The van der Waals surface area contributed by atoms with Gasteiger partial charge in [-0.2, -0.15) is 0 Å². The van der Waals surface area contributed by atoms with Gasteiger partial charge in [0.25, 0.3) is 0 Å². The number of hydrogen-bond acceptors (Lipinski definition) is 11. The van der Waals surface area contributed by atoms with Crippen molar-refractivity contribution in [3.8, 4) is 0 Å². The van der Waals surface area contributed by atoms with E-state index in [1.165, 1.54) is 6.33 Å². The van der Waals surface area contributed by atoms with Crippen LogP contribution >= 0.6 is 7.60 Å². The van der Waals surface area contributed by atoms with Crippen LogP contribution in [0.3, 0.4) is 0 Å². The second kappa shape index (κ2) is 10.5. The number of fused-ring (bicyclic) bond motifs is 1. The summed E-state index contributed by atoms with van der Waals surface area (Å²) >= 11 is 0. The molecule has 0 amide bonds. The number of carbonyl (C=O) groups is 1. The fourth-order valence-corrected chi connectivity index (χ4v) is 3.54. The number of rotatable bonds is 11. The zero-order valence-electron chi connectivity index (χ0n) is 16.8. The number of anilines is 1. The summed E-state index contributed by atoms with van der Waals surface area (Å²) in [5.41, 5.74) is 6.83. The largest absolute Gasteiger partial charge is 0.510 e. The molecule has 2 aromatic heterocycles. The minimum atomic E-state index is -3.64. The summed E-state index contributed by atoms with van der Waals surface area (Å²) < 4.78 is 39.9. The van der Waals surface area contributed by atoms with Crippen molar-refractivity contribution in [2.75, 3.05) is 25.5 Å². The SMILES string of the molecule is CCOP(=O)(COC(C)Cn1cnc2c(N)ncnc21)OCOC(=O)OC(C)C. The van der Waals surface area contributed by atoms with Gasteiger partial charge in [0.15, 0.2) is 11.5 Å². The molecule has 2 unspecified atom stereocenters. The van der Waals surface area contributed by atoms with Crippen LogP contribution in [0.5, 0.6) is 0 Å². The molecule has 12 nitrogen and oxygen atoms in total. The molecule has 0 saturated heterocycles. The van der Waals surface area contributed by atoms with Crippen molar-refractivity contribution in [1.82, 2.24) is 19.5 Å². The maximum atomic E-state index is 12.7. The molecule has 2 N–H and O–H groups in total. The topological polar surface area (TPSA) is 150 Å². The predicted molar refractivity (Wildman–Crippen MR) is 103 cm³/mol. The molecular formula is C16H26N5O7P. The van der Waals surface area contributed by atoms with E-state index in [4.69, 9.17) is 29.0 Å². The third-order valence-corrected chi connectivity index (χ3v) is 5.10. The Morgan fingerprint density at radius 1 is 1.24 bits per heavy atom. The molecule has 13 heteroatoms. The second-order valence-electron chi connectivity index (χ2n) is 6.27. The first-order valence-electron chi connectivity index (χ1n) is 8.98. The summed E-state index contributed by atoms with van der Waals surface area (Å²) in [5, 5.41) is 0. The molecule has 2 aromatic rings. The molecule has 0 bridgehead atoms. The lowest BCUT2D eigenvalue weighted by atomic mass is 10.4. The molecule has 2 rings (SSSR count). The summed E-state index contributed by atoms with van der Waals surface area (Å²) in [7, 11) is -3.64. The zero-order chi connectivity index (χ0) is 21.4. The standard InChI is InChI=1S/C16H26N5O7P/c1-5-26-29(23,27-9-24-16(22)28-11(2)3)10-25-12(4)6-21-8-20-13-14(17)18-7-19-15(13)21/h7-8,11-12H,5-6,9-10H2,1-4H3,(H2,17,18,19). The van der Waals surface area contributed by atoms with E-state index in [-0.39, 0.29) is 31.0 Å². The van der Waals surface area contributed by atoms with E-state index in [1.807, 2.05) is 0 Å². The molecule has 0 aliphatic carbocycles. The van der Waals surface area contributed by atoms with Gasteiger partial charge in [-0.1, -0.05) is 0 Å². The lowest BCUT2D eigenvalue weighted by molar-refractivity contribution is -0.0177. The number of nitrogen functional groups attached to an aromatic ring is 1. The first-order chi connectivity index (χ1) is 13.7. The third-order valence-electron chi connectivity index (χ3n) is 3.48. The van der Waals surface area contributed by atoms with Gasteiger partial charge in [0.1, 0.15) is 18.2 Å². The van der Waals surface area contributed by atoms with Gasteiger partial charge in [-0.05, 0) is 27.7 Å². The molecule has 0 aromatic carbocycles. The Morgan fingerprint density at radius 3 is 2.69 bits per heavy atom. The first-order valence-corrected chi connectivity index (χ1v) is 10.7. The number of nitrogens with two attached hydrogens (primary N) is 1. The van der Waals surface area contributed by atoms with Crippen LogP contribution in [0.15, 0.2) is 12.7 Å². The Balaban J connectivity index is 1.88. The Hall–Kier alpha value is -2.27. The van der Waals surface area contributed by atoms with Crippen LogP contribution in [-0.2, 0) is 34.4 Å². The molecule has 29 heavy (non-hydrogen) atoms. The highest BCUT2D eigenvalue weighted by Gasteiger charge is 2.27. The molecule has 0 fully saturated rings. The average molecular weight is 431 g/mol. The van der Waals surface area contributed by atoms with E-state index in [0.717, 1.165) is 0 Å². The number of ether oxygens (including phenoxy) is 3. The van der Waals surface area contributed by atoms with Crippen LogP contribution in [0.25, 0.3) is 11.2 Å². The summed E-state index contributed by atoms with van der Waals surface area (Å²) in [4.78, 5) is 23.6. The van der Waals surface area contributed by atoms with Crippen molar-refractivity contribution in [3.63, 3.8) is 0 Å². The average Bonchev–Trinajstić information content (AvgIpc) is 3.04. The minimum absolute atomic E-state index is 0.133. The summed E-state index contributed by atoms with van der Waals surface area (Å²) in [6, 6.07) is 0. The summed E-state index contributed by atoms with van der Waals surface area (Å²) in [6.07, 6.45) is 0.947. The van der Waals surface area contributed by atoms with E-state index in [9.17, 15) is 9.36 Å². The molecule has 2 heterocycles. The first kappa shape index (κ1) is 23.0. The number of imidazole rings is 1. The van der Waals surface area contributed by atoms with E-state index >= 15 is 0 Å². The molecule has 0 saturated carbocycles. The number of nitrogens with zero attached hydrogens (tertiary/aromatic N) is 4. The van der Waals surface area contributed by atoms with Gasteiger partial charge in [0, 0.05) is 0 Å². The number of hydrogen-bond donors (Lipinski definition) is 1. The van der Waals surface area contributed by atoms with Gasteiger partial charge in [-0.25, -0.2) is 19.7 Å².